The van der Waals surface area contributed by atoms with Crippen LogP contribution < -0.4 is 5.46 Å². The molecule has 0 unspecified atom stereocenters. The Balaban J connectivity index is 2.88. The van der Waals surface area contributed by atoms with E-state index in [4.69, 9.17) is 0 Å². The molecule has 0 amide bonds. The maximum Gasteiger partial charge on any atom is 0.347 e. The van der Waals surface area contributed by atoms with Gasteiger partial charge in [0.25, 0.3) is 7.28 Å². The molecular weight excluding hydrogens is 207 g/mol. The molecule has 78 valence electrons. The van der Waals surface area contributed by atoms with Crippen molar-refractivity contribution in [2.75, 3.05) is 0 Å². The van der Waals surface area contributed by atoms with Crippen LogP contribution in [0.4, 0.5) is 13.2 Å². The standard InChI is InChI=1S/C8H7B2F3O2/c9-15-7(14)5-2-1-3-6(4-5)10-8(11,12)13/h1-4,10H,9H2. The van der Waals surface area contributed by atoms with Crippen LogP contribution in [0, 0.1) is 0 Å². The number of halogens is 3. The Kier molecular flexibility index (Phi) is 3.44. The van der Waals surface area contributed by atoms with Crippen molar-refractivity contribution in [1.82, 2.24) is 0 Å². The normalized spacial score (nSPS) is 10.9. The molecule has 0 saturated heterocycles. The van der Waals surface area contributed by atoms with Gasteiger partial charge < -0.3 is 4.65 Å². The highest BCUT2D eigenvalue weighted by Crippen LogP contribution is 2.12. The highest BCUT2D eigenvalue weighted by Gasteiger charge is 2.29. The summed E-state index contributed by atoms with van der Waals surface area (Å²) in [6.45, 7) is 0. The van der Waals surface area contributed by atoms with Gasteiger partial charge in [0.2, 0.25) is 0 Å². The van der Waals surface area contributed by atoms with Crippen molar-refractivity contribution in [2.24, 2.45) is 0 Å². The zero-order chi connectivity index (χ0) is 11.5. The number of hydrogen-bond donors (Lipinski definition) is 0. The first-order valence-corrected chi connectivity index (χ1v) is 4.16. The van der Waals surface area contributed by atoms with E-state index < -0.39 is 19.3 Å². The van der Waals surface area contributed by atoms with Gasteiger partial charge in [-0.2, -0.15) is 13.2 Å². The van der Waals surface area contributed by atoms with Crippen molar-refractivity contribution in [3.63, 3.8) is 0 Å². The molecule has 0 saturated carbocycles. The van der Waals surface area contributed by atoms with Crippen molar-refractivity contribution in [2.45, 2.75) is 6.08 Å². The summed E-state index contributed by atoms with van der Waals surface area (Å²) >= 11 is 0. The lowest BCUT2D eigenvalue weighted by Crippen LogP contribution is -2.30. The number of rotatable bonds is 2. The summed E-state index contributed by atoms with van der Waals surface area (Å²) < 4.78 is 40.5. The lowest BCUT2D eigenvalue weighted by atomic mass is 9.69. The van der Waals surface area contributed by atoms with Gasteiger partial charge in [0.15, 0.2) is 0 Å². The van der Waals surface area contributed by atoms with Crippen LogP contribution in [-0.2, 0) is 4.65 Å². The third kappa shape index (κ3) is 3.69. The SMILES string of the molecule is BOC(=O)c1cccc(BC(F)(F)F)c1. The molecule has 1 rings (SSSR count). The molecule has 1 aromatic carbocycles. The second-order valence-electron chi connectivity index (χ2n) is 2.98. The number of carbonyl (C=O) groups excluding carboxylic acids is 1. The molecule has 0 aromatic heterocycles. The van der Waals surface area contributed by atoms with E-state index in [0.717, 1.165) is 0 Å². The minimum atomic E-state index is -4.27. The van der Waals surface area contributed by atoms with E-state index in [0.29, 0.717) is 0 Å². The van der Waals surface area contributed by atoms with Crippen molar-refractivity contribution in [3.05, 3.63) is 29.8 Å². The molecular formula is C8H7B2F3O2. The lowest BCUT2D eigenvalue weighted by molar-refractivity contribution is -0.0455. The number of hydrogen-bond acceptors (Lipinski definition) is 2. The topological polar surface area (TPSA) is 26.3 Å². The minimum Gasteiger partial charge on any atom is -0.540 e. The zero-order valence-corrected chi connectivity index (χ0v) is 7.97. The van der Waals surface area contributed by atoms with Crippen LogP contribution in [0.25, 0.3) is 0 Å². The van der Waals surface area contributed by atoms with Gasteiger partial charge >= 0.3 is 20.1 Å². The van der Waals surface area contributed by atoms with Crippen molar-refractivity contribution in [1.29, 1.82) is 0 Å². The molecule has 0 aliphatic heterocycles. The Morgan fingerprint density at radius 3 is 2.60 bits per heavy atom. The number of benzene rings is 1. The molecule has 0 N–H and O–H groups in total. The fraction of sp³-hybridized carbons (Fsp3) is 0.125. The summed E-state index contributed by atoms with van der Waals surface area (Å²) in [6, 6.07) is 5.30. The summed E-state index contributed by atoms with van der Waals surface area (Å²) in [5, 5.41) is 0. The van der Waals surface area contributed by atoms with Crippen molar-refractivity contribution >= 4 is 26.8 Å². The smallest absolute Gasteiger partial charge is 0.347 e. The number of carbonyl (C=O) groups is 1. The molecule has 0 bridgehead atoms. The highest BCUT2D eigenvalue weighted by molar-refractivity contribution is 6.55. The van der Waals surface area contributed by atoms with E-state index in [-0.39, 0.29) is 11.0 Å². The second kappa shape index (κ2) is 4.42. The Labute approximate surface area is 86.1 Å². The van der Waals surface area contributed by atoms with E-state index >= 15 is 0 Å². The molecule has 0 atom stereocenters. The molecule has 15 heavy (non-hydrogen) atoms. The predicted molar refractivity (Wildman–Crippen MR) is 53.2 cm³/mol. The van der Waals surface area contributed by atoms with Crippen molar-refractivity contribution < 1.29 is 22.6 Å². The average molecular weight is 214 g/mol. The largest absolute Gasteiger partial charge is 0.540 e. The van der Waals surface area contributed by atoms with E-state index in [1.165, 1.54) is 32.3 Å². The molecule has 0 spiro atoms. The summed E-state index contributed by atoms with van der Waals surface area (Å²) in [5.41, 5.74) is 0.171. The third-order valence-corrected chi connectivity index (χ3v) is 1.75. The second-order valence-corrected chi connectivity index (χ2v) is 2.98. The predicted octanol–water partition coefficient (Wildman–Crippen LogP) is -0.0269. The van der Waals surface area contributed by atoms with Gasteiger partial charge in [0.1, 0.15) is 0 Å². The summed E-state index contributed by atoms with van der Waals surface area (Å²) in [4.78, 5) is 11.0. The summed E-state index contributed by atoms with van der Waals surface area (Å²) in [7, 11) is 0.136. The molecule has 0 heterocycles. The van der Waals surface area contributed by atoms with Gasteiger partial charge in [0.05, 0.1) is 5.56 Å². The van der Waals surface area contributed by atoms with Crippen LogP contribution in [0.1, 0.15) is 10.4 Å². The van der Waals surface area contributed by atoms with Crippen molar-refractivity contribution in [3.8, 4) is 0 Å². The monoisotopic (exact) mass is 214 g/mol. The van der Waals surface area contributed by atoms with Gasteiger partial charge in [-0.15, -0.1) is 0 Å². The Morgan fingerprint density at radius 1 is 1.40 bits per heavy atom. The maximum atomic E-state index is 12.0. The van der Waals surface area contributed by atoms with Gasteiger partial charge in [0, 0.05) is 0 Å². The summed E-state index contributed by atoms with van der Waals surface area (Å²) in [5.74, 6) is -0.640. The lowest BCUT2D eigenvalue weighted by Gasteiger charge is -2.06. The van der Waals surface area contributed by atoms with Gasteiger partial charge in [-0.3, -0.25) is 0 Å². The first-order valence-electron chi connectivity index (χ1n) is 4.16. The van der Waals surface area contributed by atoms with Crippen LogP contribution in [-0.4, -0.2) is 27.4 Å². The molecule has 0 aliphatic carbocycles. The van der Waals surface area contributed by atoms with E-state index in [2.05, 4.69) is 4.65 Å². The van der Waals surface area contributed by atoms with Crippen LogP contribution in [0.3, 0.4) is 0 Å². The first-order chi connectivity index (χ1) is 6.92. The zero-order valence-electron chi connectivity index (χ0n) is 7.97. The number of alkyl halides is 3. The molecule has 0 aliphatic rings. The van der Waals surface area contributed by atoms with E-state index in [1.54, 1.807) is 0 Å². The van der Waals surface area contributed by atoms with Gasteiger partial charge in [-0.1, -0.05) is 23.7 Å². The highest BCUT2D eigenvalue weighted by atomic mass is 19.4. The summed E-state index contributed by atoms with van der Waals surface area (Å²) in [6.07, 6.45) is -4.27. The average Bonchev–Trinajstić information content (AvgIpc) is 2.14. The van der Waals surface area contributed by atoms with Crippen LogP contribution in [0.2, 0.25) is 0 Å². The Morgan fingerprint density at radius 2 is 2.07 bits per heavy atom. The first kappa shape index (κ1) is 11.7. The third-order valence-electron chi connectivity index (χ3n) is 1.75. The fourth-order valence-electron chi connectivity index (χ4n) is 1.16. The van der Waals surface area contributed by atoms with Gasteiger partial charge in [-0.25, -0.2) is 4.79 Å². The van der Waals surface area contributed by atoms with Crippen LogP contribution in [0.15, 0.2) is 24.3 Å². The van der Waals surface area contributed by atoms with Gasteiger partial charge in [-0.05, 0) is 6.07 Å². The Hall–Kier alpha value is -1.39. The maximum absolute atomic E-state index is 12.0. The molecule has 0 radical (unpaired) electrons. The fourth-order valence-corrected chi connectivity index (χ4v) is 1.16. The molecule has 7 heteroatoms. The minimum absolute atomic E-state index is 0.0467. The molecule has 2 nitrogen and oxygen atoms in total. The van der Waals surface area contributed by atoms with Crippen LogP contribution >= 0.6 is 0 Å². The van der Waals surface area contributed by atoms with Crippen LogP contribution in [0.5, 0.6) is 0 Å². The van der Waals surface area contributed by atoms with E-state index in [1.807, 2.05) is 0 Å². The molecule has 0 fully saturated rings. The quantitative estimate of drug-likeness (QED) is 0.646. The molecule has 1 aromatic rings. The Bertz CT molecular complexity index is 365. The van der Waals surface area contributed by atoms with E-state index in [9.17, 15) is 18.0 Å².